The first kappa shape index (κ1) is 9.11. The Balaban J connectivity index is 2.89. The molecule has 0 aromatic heterocycles. The normalized spacial score (nSPS) is 28.6. The van der Waals surface area contributed by atoms with Gasteiger partial charge in [-0.3, -0.25) is 4.79 Å². The highest BCUT2D eigenvalue weighted by Crippen LogP contribution is 2.16. The molecule has 6 heteroatoms. The summed E-state index contributed by atoms with van der Waals surface area (Å²) in [6.07, 6.45) is 0.102. The van der Waals surface area contributed by atoms with Crippen molar-refractivity contribution in [2.24, 2.45) is 5.10 Å². The summed E-state index contributed by atoms with van der Waals surface area (Å²) < 4.78 is 0. The van der Waals surface area contributed by atoms with Crippen LogP contribution in [0.5, 0.6) is 0 Å². The topological polar surface area (TPSA) is 94.0 Å². The minimum Gasteiger partial charge on any atom is -0.396 e. The quantitative estimate of drug-likeness (QED) is 0.394. The maximum Gasteiger partial charge on any atom is 0.268 e. The summed E-state index contributed by atoms with van der Waals surface area (Å²) >= 11 is 0. The van der Waals surface area contributed by atoms with Crippen LogP contribution in [0.1, 0.15) is 13.3 Å². The van der Waals surface area contributed by atoms with Gasteiger partial charge in [-0.05, 0) is 6.92 Å². The Bertz CT molecular complexity index is 228. The molecule has 68 valence electrons. The van der Waals surface area contributed by atoms with Crippen molar-refractivity contribution in [1.29, 1.82) is 0 Å². The van der Waals surface area contributed by atoms with Crippen LogP contribution in [0.25, 0.3) is 0 Å². The van der Waals surface area contributed by atoms with Gasteiger partial charge in [-0.15, -0.1) is 0 Å². The van der Waals surface area contributed by atoms with Gasteiger partial charge in [0, 0.05) is 13.0 Å². The van der Waals surface area contributed by atoms with E-state index in [0.29, 0.717) is 5.71 Å². The largest absolute Gasteiger partial charge is 0.396 e. The fourth-order valence-corrected chi connectivity index (χ4v) is 1.14. The van der Waals surface area contributed by atoms with Crippen LogP contribution in [-0.4, -0.2) is 34.1 Å². The van der Waals surface area contributed by atoms with Crippen LogP contribution in [0.4, 0.5) is 0 Å². The van der Waals surface area contributed by atoms with Crippen molar-refractivity contribution < 1.29 is 15.1 Å². The molecule has 1 heterocycles. The van der Waals surface area contributed by atoms with Gasteiger partial charge in [0.05, 0.1) is 5.71 Å². The number of aliphatic hydroxyl groups is 1. The van der Waals surface area contributed by atoms with E-state index in [-0.39, 0.29) is 13.0 Å². The SMILES string of the molecule is CC1=NNC(=O)C1(CCO)NO. The zero-order valence-corrected chi connectivity index (χ0v) is 6.66. The average Bonchev–Trinajstić information content (AvgIpc) is 2.33. The second-order valence-electron chi connectivity index (χ2n) is 2.63. The third kappa shape index (κ3) is 1.09. The van der Waals surface area contributed by atoms with E-state index in [1.807, 2.05) is 5.48 Å². The molecule has 1 aliphatic heterocycles. The van der Waals surface area contributed by atoms with E-state index in [1.165, 1.54) is 0 Å². The molecule has 0 fully saturated rings. The third-order valence-corrected chi connectivity index (χ3v) is 2.01. The van der Waals surface area contributed by atoms with Gasteiger partial charge in [0.25, 0.3) is 5.91 Å². The van der Waals surface area contributed by atoms with Crippen LogP contribution >= 0.6 is 0 Å². The lowest BCUT2D eigenvalue weighted by atomic mass is 9.92. The minimum atomic E-state index is -1.24. The molecule has 0 radical (unpaired) electrons. The predicted molar refractivity (Wildman–Crippen MR) is 40.6 cm³/mol. The van der Waals surface area contributed by atoms with Crippen molar-refractivity contribution in [3.05, 3.63) is 0 Å². The smallest absolute Gasteiger partial charge is 0.268 e. The lowest BCUT2D eigenvalue weighted by Gasteiger charge is -2.23. The molecule has 0 aromatic carbocycles. The number of hydrazone groups is 1. The van der Waals surface area contributed by atoms with Gasteiger partial charge in [-0.1, -0.05) is 0 Å². The third-order valence-electron chi connectivity index (χ3n) is 2.01. The van der Waals surface area contributed by atoms with Gasteiger partial charge in [-0.2, -0.15) is 10.6 Å². The molecule has 0 aromatic rings. The zero-order chi connectivity index (χ0) is 9.19. The number of hydroxylamine groups is 1. The fourth-order valence-electron chi connectivity index (χ4n) is 1.14. The predicted octanol–water partition coefficient (Wildman–Crippen LogP) is -1.41. The zero-order valence-electron chi connectivity index (χ0n) is 6.66. The van der Waals surface area contributed by atoms with Gasteiger partial charge in [0.15, 0.2) is 5.54 Å². The van der Waals surface area contributed by atoms with Crippen LogP contribution in [0.15, 0.2) is 5.10 Å². The van der Waals surface area contributed by atoms with Gasteiger partial charge in [-0.25, -0.2) is 5.43 Å². The van der Waals surface area contributed by atoms with Gasteiger partial charge in [0.2, 0.25) is 0 Å². The Hall–Kier alpha value is -0.980. The summed E-state index contributed by atoms with van der Waals surface area (Å²) in [5.41, 5.74) is 3.27. The highest BCUT2D eigenvalue weighted by Gasteiger charge is 2.44. The van der Waals surface area contributed by atoms with E-state index in [2.05, 4.69) is 10.5 Å². The van der Waals surface area contributed by atoms with Crippen LogP contribution in [-0.2, 0) is 4.79 Å². The summed E-state index contributed by atoms with van der Waals surface area (Å²) in [6, 6.07) is 0. The van der Waals surface area contributed by atoms with Gasteiger partial charge < -0.3 is 10.3 Å². The lowest BCUT2D eigenvalue weighted by Crippen LogP contribution is -2.55. The average molecular weight is 173 g/mol. The van der Waals surface area contributed by atoms with E-state index >= 15 is 0 Å². The number of nitrogens with zero attached hydrogens (tertiary/aromatic N) is 1. The number of nitrogens with one attached hydrogen (secondary N) is 2. The van der Waals surface area contributed by atoms with E-state index in [0.717, 1.165) is 0 Å². The molecule has 1 aliphatic rings. The van der Waals surface area contributed by atoms with Crippen molar-refractivity contribution in [2.45, 2.75) is 18.9 Å². The molecule has 0 saturated carbocycles. The maximum atomic E-state index is 11.2. The molecular formula is C6H11N3O3. The maximum absolute atomic E-state index is 11.2. The second kappa shape index (κ2) is 3.18. The Kier molecular flexibility index (Phi) is 2.41. The Labute approximate surface area is 69.2 Å². The Morgan fingerprint density at radius 3 is 2.75 bits per heavy atom. The fraction of sp³-hybridized carbons (Fsp3) is 0.667. The number of hydrogen-bond acceptors (Lipinski definition) is 5. The van der Waals surface area contributed by atoms with Crippen molar-refractivity contribution in [1.82, 2.24) is 10.9 Å². The summed E-state index contributed by atoms with van der Waals surface area (Å²) in [5, 5.41) is 21.1. The van der Waals surface area contributed by atoms with Gasteiger partial charge in [0.1, 0.15) is 0 Å². The number of rotatable bonds is 3. The molecule has 1 amide bonds. The van der Waals surface area contributed by atoms with E-state index < -0.39 is 11.4 Å². The first-order valence-corrected chi connectivity index (χ1v) is 3.54. The molecule has 0 spiro atoms. The van der Waals surface area contributed by atoms with Gasteiger partial charge >= 0.3 is 0 Å². The monoisotopic (exact) mass is 173 g/mol. The molecule has 12 heavy (non-hydrogen) atoms. The number of carbonyl (C=O) groups is 1. The van der Waals surface area contributed by atoms with Crippen molar-refractivity contribution in [3.8, 4) is 0 Å². The number of carbonyl (C=O) groups excluding carboxylic acids is 1. The summed E-state index contributed by atoms with van der Waals surface area (Å²) in [5.74, 6) is -0.448. The Morgan fingerprint density at radius 2 is 2.42 bits per heavy atom. The van der Waals surface area contributed by atoms with Crippen molar-refractivity contribution >= 4 is 11.6 Å². The highest BCUT2D eigenvalue weighted by atomic mass is 16.5. The molecular weight excluding hydrogens is 162 g/mol. The van der Waals surface area contributed by atoms with E-state index in [1.54, 1.807) is 6.92 Å². The highest BCUT2D eigenvalue weighted by molar-refractivity contribution is 6.15. The van der Waals surface area contributed by atoms with Crippen LogP contribution in [0.2, 0.25) is 0 Å². The number of amides is 1. The van der Waals surface area contributed by atoms with Crippen molar-refractivity contribution in [3.63, 3.8) is 0 Å². The standard InChI is InChI=1S/C6H11N3O3/c1-4-6(9-12,2-3-10)5(11)8-7-4/h9-10,12H,2-3H2,1H3,(H,8,11). The molecule has 1 rings (SSSR count). The molecule has 6 nitrogen and oxygen atoms in total. The second-order valence-corrected chi connectivity index (χ2v) is 2.63. The first-order valence-electron chi connectivity index (χ1n) is 3.54. The van der Waals surface area contributed by atoms with E-state index in [9.17, 15) is 4.79 Å². The summed E-state index contributed by atoms with van der Waals surface area (Å²) in [4.78, 5) is 11.2. The van der Waals surface area contributed by atoms with Crippen LogP contribution < -0.4 is 10.9 Å². The molecule has 0 bridgehead atoms. The molecule has 4 N–H and O–H groups in total. The molecule has 0 aliphatic carbocycles. The van der Waals surface area contributed by atoms with Crippen molar-refractivity contribution in [2.75, 3.05) is 6.61 Å². The summed E-state index contributed by atoms with van der Waals surface area (Å²) in [6.45, 7) is 1.39. The molecule has 1 unspecified atom stereocenters. The number of hydrogen-bond donors (Lipinski definition) is 4. The molecule has 1 atom stereocenters. The Morgan fingerprint density at radius 1 is 1.75 bits per heavy atom. The van der Waals surface area contributed by atoms with Crippen LogP contribution in [0, 0.1) is 0 Å². The summed E-state index contributed by atoms with van der Waals surface area (Å²) in [7, 11) is 0. The minimum absolute atomic E-state index is 0.102. The molecule has 0 saturated heterocycles. The van der Waals surface area contributed by atoms with E-state index in [4.69, 9.17) is 10.3 Å². The first-order chi connectivity index (χ1) is 5.67. The number of aliphatic hydroxyl groups excluding tert-OH is 1. The lowest BCUT2D eigenvalue weighted by molar-refractivity contribution is -0.127. The van der Waals surface area contributed by atoms with Crippen LogP contribution in [0.3, 0.4) is 0 Å².